The van der Waals surface area contributed by atoms with E-state index in [1.807, 2.05) is 19.2 Å². The summed E-state index contributed by atoms with van der Waals surface area (Å²) in [6, 6.07) is 10.5. The highest BCUT2D eigenvalue weighted by Gasteiger charge is 2.07. The number of aryl methyl sites for hydroxylation is 1. The lowest BCUT2D eigenvalue weighted by atomic mass is 10.1. The van der Waals surface area contributed by atoms with Crippen molar-refractivity contribution in [3.05, 3.63) is 29.8 Å². The van der Waals surface area contributed by atoms with Gasteiger partial charge in [-0.25, -0.2) is 0 Å². The molecule has 0 saturated carbocycles. The van der Waals surface area contributed by atoms with Crippen molar-refractivity contribution in [3.63, 3.8) is 0 Å². The number of nitrogens with zero attached hydrogens (tertiary/aromatic N) is 2. The maximum absolute atomic E-state index is 8.83. The van der Waals surface area contributed by atoms with Gasteiger partial charge in [0.25, 0.3) is 0 Å². The molecule has 0 aliphatic rings. The van der Waals surface area contributed by atoms with Gasteiger partial charge in [0.15, 0.2) is 0 Å². The summed E-state index contributed by atoms with van der Waals surface area (Å²) >= 11 is 0. The van der Waals surface area contributed by atoms with Gasteiger partial charge in [0.2, 0.25) is 0 Å². The first-order chi connectivity index (χ1) is 7.69. The van der Waals surface area contributed by atoms with Gasteiger partial charge in [0, 0.05) is 19.3 Å². The largest absolute Gasteiger partial charge is 0.374 e. The van der Waals surface area contributed by atoms with Gasteiger partial charge in [-0.1, -0.05) is 18.2 Å². The van der Waals surface area contributed by atoms with Crippen LogP contribution in [-0.2, 0) is 0 Å². The molecule has 0 heterocycles. The van der Waals surface area contributed by atoms with Crippen LogP contribution >= 0.6 is 0 Å². The molecular formula is C13H19N3. The van der Waals surface area contributed by atoms with Crippen molar-refractivity contribution in [1.82, 2.24) is 5.32 Å². The molecule has 1 unspecified atom stereocenters. The lowest BCUT2D eigenvalue weighted by Crippen LogP contribution is -2.29. The van der Waals surface area contributed by atoms with Crippen molar-refractivity contribution in [1.29, 1.82) is 5.26 Å². The Morgan fingerprint density at radius 3 is 2.69 bits per heavy atom. The molecular weight excluding hydrogens is 198 g/mol. The van der Waals surface area contributed by atoms with Crippen LogP contribution in [0.2, 0.25) is 0 Å². The summed E-state index contributed by atoms with van der Waals surface area (Å²) in [6.07, 6.45) is 0.831. The summed E-state index contributed by atoms with van der Waals surface area (Å²) in [5.74, 6) is 0. The van der Waals surface area contributed by atoms with E-state index in [-0.39, 0.29) is 6.04 Å². The summed E-state index contributed by atoms with van der Waals surface area (Å²) in [5, 5.41) is 11.8. The molecule has 16 heavy (non-hydrogen) atoms. The average Bonchev–Trinajstić information content (AvgIpc) is 2.30. The van der Waals surface area contributed by atoms with Gasteiger partial charge in [0.05, 0.1) is 12.1 Å². The molecule has 1 rings (SSSR count). The van der Waals surface area contributed by atoms with E-state index in [9.17, 15) is 0 Å². The first-order valence-corrected chi connectivity index (χ1v) is 5.52. The molecule has 0 spiro atoms. The highest BCUT2D eigenvalue weighted by molar-refractivity contribution is 5.52. The van der Waals surface area contributed by atoms with Gasteiger partial charge in [-0.3, -0.25) is 0 Å². The zero-order valence-corrected chi connectivity index (χ0v) is 10.2. The molecule has 0 aliphatic heterocycles. The van der Waals surface area contributed by atoms with Gasteiger partial charge < -0.3 is 10.2 Å². The molecule has 0 aliphatic carbocycles. The Morgan fingerprint density at radius 1 is 1.44 bits per heavy atom. The molecule has 0 amide bonds. The van der Waals surface area contributed by atoms with Crippen LogP contribution in [0.25, 0.3) is 0 Å². The van der Waals surface area contributed by atoms with E-state index in [0.717, 1.165) is 13.0 Å². The van der Waals surface area contributed by atoms with E-state index < -0.39 is 0 Å². The average molecular weight is 217 g/mol. The molecule has 0 radical (unpaired) electrons. The normalized spacial score (nSPS) is 11.9. The van der Waals surface area contributed by atoms with Gasteiger partial charge in [-0.05, 0) is 32.0 Å². The molecule has 86 valence electrons. The second-order valence-corrected chi connectivity index (χ2v) is 3.97. The zero-order chi connectivity index (χ0) is 12.0. The Morgan fingerprint density at radius 2 is 2.12 bits per heavy atom. The van der Waals surface area contributed by atoms with Crippen molar-refractivity contribution < 1.29 is 0 Å². The number of rotatable bonds is 5. The molecule has 1 N–H and O–H groups in total. The summed E-state index contributed by atoms with van der Waals surface area (Å²) in [5.41, 5.74) is 2.50. The van der Waals surface area contributed by atoms with Gasteiger partial charge in [-0.15, -0.1) is 0 Å². The monoisotopic (exact) mass is 217 g/mol. The molecule has 3 nitrogen and oxygen atoms in total. The van der Waals surface area contributed by atoms with Gasteiger partial charge >= 0.3 is 0 Å². The third-order valence-corrected chi connectivity index (χ3v) is 2.78. The van der Waals surface area contributed by atoms with E-state index in [1.165, 1.54) is 11.3 Å². The first-order valence-electron chi connectivity index (χ1n) is 5.52. The van der Waals surface area contributed by atoms with Crippen LogP contribution in [0.3, 0.4) is 0 Å². The Bertz CT molecular complexity index is 368. The SMILES string of the molecule is CNC(C#N)CCN(C)c1ccccc1C. The van der Waals surface area contributed by atoms with Crippen LogP contribution in [0.5, 0.6) is 0 Å². The Labute approximate surface area is 97.7 Å². The van der Waals surface area contributed by atoms with Crippen LogP contribution < -0.4 is 10.2 Å². The van der Waals surface area contributed by atoms with Crippen molar-refractivity contribution in [2.45, 2.75) is 19.4 Å². The number of anilines is 1. The zero-order valence-electron chi connectivity index (χ0n) is 10.2. The van der Waals surface area contributed by atoms with Crippen LogP contribution in [0, 0.1) is 18.3 Å². The standard InChI is InChI=1S/C13H19N3/c1-11-6-4-5-7-13(11)16(3)9-8-12(10-14)15-2/h4-7,12,15H,8-9H2,1-3H3. The van der Waals surface area contributed by atoms with E-state index in [1.54, 1.807) is 0 Å². The third-order valence-electron chi connectivity index (χ3n) is 2.78. The van der Waals surface area contributed by atoms with E-state index >= 15 is 0 Å². The lowest BCUT2D eigenvalue weighted by molar-refractivity contribution is 0.621. The fourth-order valence-electron chi connectivity index (χ4n) is 1.71. The second-order valence-electron chi connectivity index (χ2n) is 3.97. The lowest BCUT2D eigenvalue weighted by Gasteiger charge is -2.22. The van der Waals surface area contributed by atoms with Crippen LogP contribution in [-0.4, -0.2) is 26.7 Å². The van der Waals surface area contributed by atoms with E-state index in [0.29, 0.717) is 0 Å². The highest BCUT2D eigenvalue weighted by Crippen LogP contribution is 2.17. The van der Waals surface area contributed by atoms with Crippen LogP contribution in [0.1, 0.15) is 12.0 Å². The topological polar surface area (TPSA) is 39.1 Å². The first kappa shape index (κ1) is 12.5. The summed E-state index contributed by atoms with van der Waals surface area (Å²) < 4.78 is 0. The number of nitriles is 1. The summed E-state index contributed by atoms with van der Waals surface area (Å²) in [4.78, 5) is 2.19. The predicted octanol–water partition coefficient (Wildman–Crippen LogP) is 1.93. The minimum atomic E-state index is -0.0635. The Hall–Kier alpha value is -1.53. The van der Waals surface area contributed by atoms with Crippen molar-refractivity contribution in [3.8, 4) is 6.07 Å². The maximum atomic E-state index is 8.83. The number of hydrogen-bond acceptors (Lipinski definition) is 3. The Balaban J connectivity index is 2.57. The number of para-hydroxylation sites is 1. The molecule has 3 heteroatoms. The molecule has 0 saturated heterocycles. The predicted molar refractivity (Wildman–Crippen MR) is 67.5 cm³/mol. The smallest absolute Gasteiger partial charge is 0.0967 e. The van der Waals surface area contributed by atoms with E-state index in [2.05, 4.69) is 42.4 Å². The minimum Gasteiger partial charge on any atom is -0.374 e. The van der Waals surface area contributed by atoms with Crippen molar-refractivity contribution >= 4 is 5.69 Å². The van der Waals surface area contributed by atoms with Gasteiger partial charge in [-0.2, -0.15) is 5.26 Å². The van der Waals surface area contributed by atoms with Crippen LogP contribution in [0.4, 0.5) is 5.69 Å². The molecule has 1 aromatic carbocycles. The Kier molecular flexibility index (Phi) is 4.81. The molecule has 1 atom stereocenters. The minimum absolute atomic E-state index is 0.0635. The van der Waals surface area contributed by atoms with Crippen molar-refractivity contribution in [2.75, 3.05) is 25.5 Å². The quantitative estimate of drug-likeness (QED) is 0.819. The summed E-state index contributed by atoms with van der Waals surface area (Å²) in [7, 11) is 3.88. The molecule has 1 aromatic rings. The van der Waals surface area contributed by atoms with E-state index in [4.69, 9.17) is 5.26 Å². The van der Waals surface area contributed by atoms with Crippen molar-refractivity contribution in [2.24, 2.45) is 0 Å². The third kappa shape index (κ3) is 3.25. The molecule has 0 aromatic heterocycles. The van der Waals surface area contributed by atoms with Crippen LogP contribution in [0.15, 0.2) is 24.3 Å². The fraction of sp³-hybridized carbons (Fsp3) is 0.462. The highest BCUT2D eigenvalue weighted by atomic mass is 15.1. The molecule has 0 bridgehead atoms. The number of benzene rings is 1. The second kappa shape index (κ2) is 6.14. The molecule has 0 fully saturated rings. The fourth-order valence-corrected chi connectivity index (χ4v) is 1.71. The number of nitrogens with one attached hydrogen (secondary N) is 1. The maximum Gasteiger partial charge on any atom is 0.0967 e. The van der Waals surface area contributed by atoms with Gasteiger partial charge in [0.1, 0.15) is 0 Å². The summed E-state index contributed by atoms with van der Waals surface area (Å²) in [6.45, 7) is 2.98. The number of hydrogen-bond donors (Lipinski definition) is 1.